The van der Waals surface area contributed by atoms with Crippen molar-refractivity contribution in [2.45, 2.75) is 39.3 Å². The molecule has 1 atom stereocenters. The molecular weight excluding hydrogens is 260 g/mol. The van der Waals surface area contributed by atoms with Crippen LogP contribution in [0, 0.1) is 0 Å². The molecule has 2 rings (SSSR count). The van der Waals surface area contributed by atoms with E-state index in [1.54, 1.807) is 0 Å². The van der Waals surface area contributed by atoms with Gasteiger partial charge in [0.2, 0.25) is 0 Å². The van der Waals surface area contributed by atoms with Crippen LogP contribution in [-0.2, 0) is 0 Å². The summed E-state index contributed by atoms with van der Waals surface area (Å²) in [4.78, 5) is 4.50. The first kappa shape index (κ1) is 15.5. The molecule has 1 N–H and O–H groups in total. The second-order valence-electron chi connectivity index (χ2n) is 5.38. The molecule has 0 bridgehead atoms. The summed E-state index contributed by atoms with van der Waals surface area (Å²) in [6.45, 7) is 7.20. The third kappa shape index (κ3) is 4.57. The lowest BCUT2D eigenvalue weighted by Gasteiger charge is -2.20. The second-order valence-corrected chi connectivity index (χ2v) is 5.38. The molecule has 0 aliphatic heterocycles. The molecule has 1 unspecified atom stereocenters. The van der Waals surface area contributed by atoms with Gasteiger partial charge in [-0.05, 0) is 56.6 Å². The fourth-order valence-corrected chi connectivity index (χ4v) is 2.27. The highest BCUT2D eigenvalue weighted by atomic mass is 16.5. The Morgan fingerprint density at radius 3 is 2.67 bits per heavy atom. The molecule has 0 spiro atoms. The fourth-order valence-electron chi connectivity index (χ4n) is 2.27. The summed E-state index contributed by atoms with van der Waals surface area (Å²) in [5.41, 5.74) is 2.22. The van der Waals surface area contributed by atoms with Crippen LogP contribution in [0.2, 0.25) is 0 Å². The molecule has 0 aliphatic carbocycles. The summed E-state index contributed by atoms with van der Waals surface area (Å²) in [5, 5.41) is 3.56. The van der Waals surface area contributed by atoms with Crippen LogP contribution in [0.1, 0.15) is 44.5 Å². The van der Waals surface area contributed by atoms with Crippen LogP contribution in [0.15, 0.2) is 48.7 Å². The normalized spacial score (nSPS) is 12.4. The van der Waals surface area contributed by atoms with E-state index >= 15 is 0 Å². The number of nitrogens with zero attached hydrogens (tertiary/aromatic N) is 1. The van der Waals surface area contributed by atoms with Gasteiger partial charge in [-0.3, -0.25) is 4.98 Å². The Kier molecular flexibility index (Phi) is 5.76. The van der Waals surface area contributed by atoms with E-state index in [4.69, 9.17) is 4.74 Å². The number of nitrogens with one attached hydrogen (secondary N) is 1. The predicted octanol–water partition coefficient (Wildman–Crippen LogP) is 3.96. The van der Waals surface area contributed by atoms with E-state index in [-0.39, 0.29) is 12.1 Å². The number of ether oxygens (including phenoxy) is 1. The highest BCUT2D eigenvalue weighted by Gasteiger charge is 2.15. The SMILES string of the molecule is CCCNC(c1cccc(OC(C)C)c1)c1ccccn1. The topological polar surface area (TPSA) is 34.1 Å². The summed E-state index contributed by atoms with van der Waals surface area (Å²) in [7, 11) is 0. The molecule has 1 aromatic carbocycles. The molecule has 2 aromatic rings. The first-order valence-electron chi connectivity index (χ1n) is 7.61. The van der Waals surface area contributed by atoms with E-state index in [2.05, 4.69) is 35.4 Å². The van der Waals surface area contributed by atoms with E-state index in [9.17, 15) is 0 Å². The van der Waals surface area contributed by atoms with Gasteiger partial charge in [-0.15, -0.1) is 0 Å². The molecule has 0 amide bonds. The van der Waals surface area contributed by atoms with Gasteiger partial charge in [-0.25, -0.2) is 0 Å². The molecule has 1 aromatic heterocycles. The zero-order valence-corrected chi connectivity index (χ0v) is 13.0. The van der Waals surface area contributed by atoms with Gasteiger partial charge in [0.25, 0.3) is 0 Å². The Hall–Kier alpha value is -1.87. The van der Waals surface area contributed by atoms with Gasteiger partial charge in [0.05, 0.1) is 17.8 Å². The number of rotatable bonds is 7. The van der Waals surface area contributed by atoms with Crippen LogP contribution in [0.25, 0.3) is 0 Å². The van der Waals surface area contributed by atoms with Crippen LogP contribution in [0.4, 0.5) is 0 Å². The van der Waals surface area contributed by atoms with Crippen molar-refractivity contribution in [1.82, 2.24) is 10.3 Å². The summed E-state index contributed by atoms with van der Waals surface area (Å²) in [6.07, 6.45) is 3.10. The zero-order valence-electron chi connectivity index (χ0n) is 13.0. The van der Waals surface area contributed by atoms with Crippen LogP contribution in [-0.4, -0.2) is 17.6 Å². The van der Waals surface area contributed by atoms with Gasteiger partial charge >= 0.3 is 0 Å². The van der Waals surface area contributed by atoms with Crippen molar-refractivity contribution in [3.63, 3.8) is 0 Å². The average molecular weight is 284 g/mol. The minimum absolute atomic E-state index is 0.0989. The standard InChI is InChI=1S/C18H24N2O/c1-4-11-20-18(17-10-5-6-12-19-17)15-8-7-9-16(13-15)21-14(2)3/h5-10,12-14,18,20H,4,11H2,1-3H3. The van der Waals surface area contributed by atoms with E-state index in [0.717, 1.165) is 24.4 Å². The maximum absolute atomic E-state index is 5.80. The van der Waals surface area contributed by atoms with Crippen molar-refractivity contribution in [3.05, 3.63) is 59.9 Å². The van der Waals surface area contributed by atoms with Crippen molar-refractivity contribution < 1.29 is 4.74 Å². The number of hydrogen-bond acceptors (Lipinski definition) is 3. The maximum atomic E-state index is 5.80. The Morgan fingerprint density at radius 1 is 1.14 bits per heavy atom. The Morgan fingerprint density at radius 2 is 2.00 bits per heavy atom. The van der Waals surface area contributed by atoms with E-state index < -0.39 is 0 Å². The largest absolute Gasteiger partial charge is 0.491 e. The number of hydrogen-bond donors (Lipinski definition) is 1. The number of benzene rings is 1. The zero-order chi connectivity index (χ0) is 15.1. The molecule has 21 heavy (non-hydrogen) atoms. The smallest absolute Gasteiger partial charge is 0.120 e. The molecular formula is C18H24N2O. The third-order valence-corrected chi connectivity index (χ3v) is 3.15. The van der Waals surface area contributed by atoms with Gasteiger partial charge < -0.3 is 10.1 Å². The maximum Gasteiger partial charge on any atom is 0.120 e. The van der Waals surface area contributed by atoms with Crippen LogP contribution in [0.5, 0.6) is 5.75 Å². The first-order chi connectivity index (χ1) is 10.2. The molecule has 0 radical (unpaired) electrons. The molecule has 0 saturated carbocycles. The van der Waals surface area contributed by atoms with Crippen LogP contribution >= 0.6 is 0 Å². The average Bonchev–Trinajstić information content (AvgIpc) is 2.48. The van der Waals surface area contributed by atoms with E-state index in [1.165, 1.54) is 5.56 Å². The Bertz CT molecular complexity index is 540. The van der Waals surface area contributed by atoms with Crippen LogP contribution < -0.4 is 10.1 Å². The van der Waals surface area contributed by atoms with Crippen molar-refractivity contribution in [2.75, 3.05) is 6.54 Å². The molecule has 0 fully saturated rings. The Balaban J connectivity index is 2.28. The van der Waals surface area contributed by atoms with Crippen molar-refractivity contribution in [3.8, 4) is 5.75 Å². The second kappa shape index (κ2) is 7.79. The minimum Gasteiger partial charge on any atom is -0.491 e. The van der Waals surface area contributed by atoms with Crippen molar-refractivity contribution in [2.24, 2.45) is 0 Å². The highest BCUT2D eigenvalue weighted by molar-refractivity contribution is 5.34. The summed E-state index contributed by atoms with van der Waals surface area (Å²) < 4.78 is 5.80. The summed E-state index contributed by atoms with van der Waals surface area (Å²) >= 11 is 0. The molecule has 0 saturated heterocycles. The van der Waals surface area contributed by atoms with Gasteiger partial charge in [-0.1, -0.05) is 25.1 Å². The monoisotopic (exact) mass is 284 g/mol. The highest BCUT2D eigenvalue weighted by Crippen LogP contribution is 2.24. The first-order valence-corrected chi connectivity index (χ1v) is 7.61. The van der Waals surface area contributed by atoms with E-state index in [1.807, 2.05) is 44.3 Å². The number of pyridine rings is 1. The molecule has 3 heteroatoms. The fraction of sp³-hybridized carbons (Fsp3) is 0.389. The lowest BCUT2D eigenvalue weighted by atomic mass is 10.0. The van der Waals surface area contributed by atoms with Crippen molar-refractivity contribution in [1.29, 1.82) is 0 Å². The molecule has 3 nitrogen and oxygen atoms in total. The quantitative estimate of drug-likeness (QED) is 0.835. The predicted molar refractivity (Wildman–Crippen MR) is 86.6 cm³/mol. The van der Waals surface area contributed by atoms with Gasteiger partial charge in [0.15, 0.2) is 0 Å². The lowest BCUT2D eigenvalue weighted by Crippen LogP contribution is -2.24. The lowest BCUT2D eigenvalue weighted by molar-refractivity contribution is 0.242. The minimum atomic E-state index is 0.0989. The van der Waals surface area contributed by atoms with Crippen LogP contribution in [0.3, 0.4) is 0 Å². The molecule has 112 valence electrons. The van der Waals surface area contributed by atoms with Gasteiger partial charge in [0, 0.05) is 6.20 Å². The Labute approximate surface area is 127 Å². The van der Waals surface area contributed by atoms with Gasteiger partial charge in [0.1, 0.15) is 5.75 Å². The molecule has 0 aliphatic rings. The summed E-state index contributed by atoms with van der Waals surface area (Å²) in [6, 6.07) is 14.4. The van der Waals surface area contributed by atoms with Gasteiger partial charge in [-0.2, -0.15) is 0 Å². The van der Waals surface area contributed by atoms with Crippen molar-refractivity contribution >= 4 is 0 Å². The summed E-state index contributed by atoms with van der Waals surface area (Å²) in [5.74, 6) is 0.904. The van der Waals surface area contributed by atoms with E-state index in [0.29, 0.717) is 0 Å². The molecule has 1 heterocycles. The third-order valence-electron chi connectivity index (χ3n) is 3.15. The number of aromatic nitrogens is 1.